The Hall–Kier alpha value is -1.33. The van der Waals surface area contributed by atoms with Crippen molar-refractivity contribution in [1.29, 1.82) is 0 Å². The summed E-state index contributed by atoms with van der Waals surface area (Å²) in [6.45, 7) is 6.85. The lowest BCUT2D eigenvalue weighted by Gasteiger charge is -2.27. The van der Waals surface area contributed by atoms with Gasteiger partial charge in [0.2, 0.25) is 5.91 Å². The highest BCUT2D eigenvalue weighted by Crippen LogP contribution is 2.25. The summed E-state index contributed by atoms with van der Waals surface area (Å²) in [5.41, 5.74) is 0.930. The first-order valence-electron chi connectivity index (χ1n) is 9.30. The van der Waals surface area contributed by atoms with Crippen LogP contribution in [0.1, 0.15) is 38.2 Å². The molecule has 1 atom stereocenters. The van der Waals surface area contributed by atoms with Crippen molar-refractivity contribution in [2.75, 3.05) is 32.8 Å². The molecule has 1 aromatic rings. The molecule has 3 rings (SSSR count). The van der Waals surface area contributed by atoms with Gasteiger partial charge in [0.05, 0.1) is 6.61 Å². The first kappa shape index (κ1) is 18.5. The van der Waals surface area contributed by atoms with Crippen LogP contribution in [0.3, 0.4) is 0 Å². The predicted octanol–water partition coefficient (Wildman–Crippen LogP) is 3.95. The van der Waals surface area contributed by atoms with Gasteiger partial charge in [-0.3, -0.25) is 4.79 Å². The van der Waals surface area contributed by atoms with Crippen LogP contribution in [-0.4, -0.2) is 54.5 Å². The summed E-state index contributed by atoms with van der Waals surface area (Å²) < 4.78 is 6.64. The van der Waals surface area contributed by atoms with Gasteiger partial charge < -0.3 is 14.5 Å². The molecule has 0 saturated carbocycles. The van der Waals surface area contributed by atoms with Gasteiger partial charge in [-0.05, 0) is 70.0 Å². The van der Waals surface area contributed by atoms with Crippen LogP contribution >= 0.6 is 15.9 Å². The molecule has 2 aliphatic rings. The van der Waals surface area contributed by atoms with Gasteiger partial charge in [-0.2, -0.15) is 0 Å². The molecule has 25 heavy (non-hydrogen) atoms. The fourth-order valence-electron chi connectivity index (χ4n) is 3.77. The Labute approximate surface area is 159 Å². The van der Waals surface area contributed by atoms with Crippen LogP contribution in [0.4, 0.5) is 0 Å². The number of hydrogen-bond acceptors (Lipinski definition) is 3. The average molecular weight is 407 g/mol. The molecular formula is C20H27BrN2O2. The van der Waals surface area contributed by atoms with Gasteiger partial charge in [-0.25, -0.2) is 0 Å². The largest absolute Gasteiger partial charge is 0.493 e. The minimum atomic E-state index is 0.115. The molecule has 2 aliphatic heterocycles. The topological polar surface area (TPSA) is 32.8 Å². The molecular weight excluding hydrogens is 380 g/mol. The third-order valence-corrected chi connectivity index (χ3v) is 5.50. The molecule has 0 aromatic heterocycles. The lowest BCUT2D eigenvalue weighted by atomic mass is 10.1. The van der Waals surface area contributed by atoms with Crippen LogP contribution < -0.4 is 4.74 Å². The normalized spacial score (nSPS) is 21.4. The Bertz CT molecular complexity index is 626. The van der Waals surface area contributed by atoms with Crippen molar-refractivity contribution in [3.8, 4) is 5.75 Å². The zero-order chi connectivity index (χ0) is 17.6. The molecule has 2 fully saturated rings. The molecule has 0 N–H and O–H groups in total. The maximum Gasteiger partial charge on any atom is 0.246 e. The summed E-state index contributed by atoms with van der Waals surface area (Å²) in [6, 6.07) is 6.24. The Kier molecular flexibility index (Phi) is 6.54. The van der Waals surface area contributed by atoms with Crippen molar-refractivity contribution in [3.63, 3.8) is 0 Å². The van der Waals surface area contributed by atoms with Crippen molar-refractivity contribution in [3.05, 3.63) is 34.3 Å². The van der Waals surface area contributed by atoms with E-state index in [-0.39, 0.29) is 5.91 Å². The van der Waals surface area contributed by atoms with Gasteiger partial charge in [0.15, 0.2) is 0 Å². The van der Waals surface area contributed by atoms with E-state index < -0.39 is 0 Å². The standard InChI is InChI=1S/C20H27BrN2O2/c1-2-25-19-9-8-17(21)14-16(19)7-10-20(24)23-13-5-6-18(23)15-22-11-3-4-12-22/h7-10,14,18H,2-6,11-13,15H2,1H3/b10-7+/t18-/m0/s1. The quantitative estimate of drug-likeness (QED) is 0.670. The molecule has 0 bridgehead atoms. The van der Waals surface area contributed by atoms with E-state index in [1.807, 2.05) is 36.1 Å². The molecule has 4 nitrogen and oxygen atoms in total. The zero-order valence-electron chi connectivity index (χ0n) is 14.9. The zero-order valence-corrected chi connectivity index (χ0v) is 16.5. The highest BCUT2D eigenvalue weighted by molar-refractivity contribution is 9.10. The van der Waals surface area contributed by atoms with Crippen molar-refractivity contribution >= 4 is 27.9 Å². The predicted molar refractivity (Wildman–Crippen MR) is 105 cm³/mol. The molecule has 5 heteroatoms. The van der Waals surface area contributed by atoms with Crippen molar-refractivity contribution in [1.82, 2.24) is 9.80 Å². The van der Waals surface area contributed by atoms with E-state index in [1.165, 1.54) is 25.9 Å². The van der Waals surface area contributed by atoms with Gasteiger partial charge in [0.25, 0.3) is 0 Å². The second-order valence-electron chi connectivity index (χ2n) is 6.78. The molecule has 1 amide bonds. The maximum atomic E-state index is 12.7. The average Bonchev–Trinajstić information content (AvgIpc) is 3.27. The van der Waals surface area contributed by atoms with Crippen LogP contribution in [0.5, 0.6) is 5.75 Å². The van der Waals surface area contributed by atoms with Gasteiger partial charge in [-0.1, -0.05) is 15.9 Å². The van der Waals surface area contributed by atoms with Crippen LogP contribution in [0.25, 0.3) is 6.08 Å². The molecule has 0 unspecified atom stereocenters. The molecule has 1 aromatic carbocycles. The smallest absolute Gasteiger partial charge is 0.246 e. The van der Waals surface area contributed by atoms with E-state index in [0.29, 0.717) is 12.6 Å². The highest BCUT2D eigenvalue weighted by Gasteiger charge is 2.29. The third-order valence-electron chi connectivity index (χ3n) is 5.00. The fourth-order valence-corrected chi connectivity index (χ4v) is 4.15. The lowest BCUT2D eigenvalue weighted by Crippen LogP contribution is -2.41. The van der Waals surface area contributed by atoms with E-state index in [1.54, 1.807) is 6.08 Å². The third kappa shape index (κ3) is 4.85. The molecule has 0 radical (unpaired) electrons. The van der Waals surface area contributed by atoms with Crippen LogP contribution in [-0.2, 0) is 4.79 Å². The summed E-state index contributed by atoms with van der Waals surface area (Å²) in [6.07, 6.45) is 8.40. The van der Waals surface area contributed by atoms with E-state index in [2.05, 4.69) is 20.8 Å². The van der Waals surface area contributed by atoms with E-state index in [4.69, 9.17) is 4.74 Å². The number of likely N-dealkylation sites (tertiary alicyclic amines) is 2. The summed E-state index contributed by atoms with van der Waals surface area (Å²) in [4.78, 5) is 17.3. The number of ether oxygens (including phenoxy) is 1. The molecule has 136 valence electrons. The second-order valence-corrected chi connectivity index (χ2v) is 7.70. The monoisotopic (exact) mass is 406 g/mol. The number of carbonyl (C=O) groups is 1. The summed E-state index contributed by atoms with van der Waals surface area (Å²) in [7, 11) is 0. The minimum absolute atomic E-state index is 0.115. The number of hydrogen-bond donors (Lipinski definition) is 0. The number of halogens is 1. The number of nitrogens with zero attached hydrogens (tertiary/aromatic N) is 2. The van der Waals surface area contributed by atoms with Crippen molar-refractivity contribution in [2.45, 2.75) is 38.6 Å². The van der Waals surface area contributed by atoms with Crippen molar-refractivity contribution < 1.29 is 9.53 Å². The Balaban J connectivity index is 1.66. The van der Waals surface area contributed by atoms with Crippen LogP contribution in [0.15, 0.2) is 28.7 Å². The number of amides is 1. The van der Waals surface area contributed by atoms with Crippen LogP contribution in [0.2, 0.25) is 0 Å². The first-order chi connectivity index (χ1) is 12.2. The Morgan fingerprint density at radius 3 is 2.84 bits per heavy atom. The molecule has 2 saturated heterocycles. The van der Waals surface area contributed by atoms with Crippen LogP contribution in [0, 0.1) is 0 Å². The summed E-state index contributed by atoms with van der Waals surface area (Å²) in [5.74, 6) is 0.925. The van der Waals surface area contributed by atoms with Gasteiger partial charge in [0, 0.05) is 35.2 Å². The molecule has 0 spiro atoms. The van der Waals surface area contributed by atoms with Gasteiger partial charge in [-0.15, -0.1) is 0 Å². The Morgan fingerprint density at radius 1 is 1.28 bits per heavy atom. The van der Waals surface area contributed by atoms with E-state index in [9.17, 15) is 4.79 Å². The fraction of sp³-hybridized carbons (Fsp3) is 0.550. The molecule has 0 aliphatic carbocycles. The lowest BCUT2D eigenvalue weighted by molar-refractivity contribution is -0.127. The van der Waals surface area contributed by atoms with Gasteiger partial charge in [0.1, 0.15) is 5.75 Å². The number of benzene rings is 1. The van der Waals surface area contributed by atoms with Crippen molar-refractivity contribution in [2.24, 2.45) is 0 Å². The summed E-state index contributed by atoms with van der Waals surface area (Å²) >= 11 is 3.49. The second kappa shape index (κ2) is 8.86. The summed E-state index contributed by atoms with van der Waals surface area (Å²) in [5, 5.41) is 0. The van der Waals surface area contributed by atoms with E-state index >= 15 is 0 Å². The number of rotatable bonds is 6. The van der Waals surface area contributed by atoms with Gasteiger partial charge >= 0.3 is 0 Å². The number of carbonyl (C=O) groups excluding carboxylic acids is 1. The first-order valence-corrected chi connectivity index (χ1v) is 10.1. The minimum Gasteiger partial charge on any atom is -0.493 e. The Morgan fingerprint density at radius 2 is 2.08 bits per heavy atom. The van der Waals surface area contributed by atoms with E-state index in [0.717, 1.165) is 41.7 Å². The highest BCUT2D eigenvalue weighted by atomic mass is 79.9. The molecule has 2 heterocycles. The SMILES string of the molecule is CCOc1ccc(Br)cc1/C=C/C(=O)N1CCC[C@H]1CN1CCCC1. The maximum absolute atomic E-state index is 12.7.